The van der Waals surface area contributed by atoms with Gasteiger partial charge in [-0.05, 0) is 29.7 Å². The van der Waals surface area contributed by atoms with Gasteiger partial charge in [-0.15, -0.1) is 0 Å². The van der Waals surface area contributed by atoms with E-state index < -0.39 is 0 Å². The van der Waals surface area contributed by atoms with Crippen LogP contribution in [-0.4, -0.2) is 6.54 Å². The Bertz CT molecular complexity index is 902. The molecule has 0 spiro atoms. The molecule has 2 aromatic carbocycles. The first-order valence-electron chi connectivity index (χ1n) is 8.28. The van der Waals surface area contributed by atoms with Gasteiger partial charge in [0.25, 0.3) is 0 Å². The molecule has 0 unspecified atom stereocenters. The normalized spacial score (nSPS) is 11.1. The van der Waals surface area contributed by atoms with Gasteiger partial charge in [0.1, 0.15) is 17.9 Å². The molecular weight excluding hydrogens is 305 g/mol. The summed E-state index contributed by atoms with van der Waals surface area (Å²) in [5, 5.41) is 3.06. The third-order valence-electron chi connectivity index (χ3n) is 4.24. The smallest absolute Gasteiger partial charge is 0.336 e. The number of aryl methyl sites for hydroxylation is 1. The Balaban J connectivity index is 1.71. The highest BCUT2D eigenvalue weighted by Gasteiger charge is 2.08. The van der Waals surface area contributed by atoms with Crippen LogP contribution in [0.4, 0.5) is 4.39 Å². The van der Waals surface area contributed by atoms with Crippen LogP contribution in [0.15, 0.2) is 57.7 Å². The van der Waals surface area contributed by atoms with Crippen LogP contribution in [0.25, 0.3) is 11.0 Å². The van der Waals surface area contributed by atoms with E-state index in [2.05, 4.69) is 18.3 Å². The number of benzene rings is 2. The monoisotopic (exact) mass is 326 g/mol. The molecule has 4 heteroatoms. The molecule has 1 aromatic heterocycles. The molecule has 0 fully saturated rings. The zero-order chi connectivity index (χ0) is 16.9. The molecule has 3 nitrogen and oxygen atoms in total. The van der Waals surface area contributed by atoms with Crippen LogP contribution in [-0.2, 0) is 19.4 Å². The highest BCUT2D eigenvalue weighted by atomic mass is 19.1. The topological polar surface area (TPSA) is 46.8 Å². The maximum Gasteiger partial charge on any atom is 0.336 e. The molecule has 1 heterocycles. The van der Waals surface area contributed by atoms with Crippen LogP contribution < -0.4 is 10.9 Å². The number of hydrogen-bond donors (Lipinski definition) is 1. The van der Waals surface area contributed by atoms with Gasteiger partial charge in [-0.25, -0.2) is 9.18 Å². The molecule has 124 valence electrons. The lowest BCUT2D eigenvalue weighted by Crippen LogP contribution is -2.83. The number of fused-ring (bicyclic) bond motifs is 1. The Morgan fingerprint density at radius 1 is 1.08 bits per heavy atom. The second-order valence-corrected chi connectivity index (χ2v) is 5.90. The quantitative estimate of drug-likeness (QED) is 0.559. The Kier molecular flexibility index (Phi) is 5.06. The summed E-state index contributed by atoms with van der Waals surface area (Å²) in [5.74, 6) is -0.163. The molecule has 0 saturated carbocycles. The summed E-state index contributed by atoms with van der Waals surface area (Å²) in [7, 11) is 0. The number of quaternary nitrogens is 1. The van der Waals surface area contributed by atoms with Crippen LogP contribution in [0.1, 0.15) is 23.6 Å². The van der Waals surface area contributed by atoms with Crippen molar-refractivity contribution in [3.63, 3.8) is 0 Å². The van der Waals surface area contributed by atoms with Gasteiger partial charge in [0, 0.05) is 23.4 Å². The van der Waals surface area contributed by atoms with Crippen molar-refractivity contribution in [2.45, 2.75) is 26.3 Å². The van der Waals surface area contributed by atoms with Crippen molar-refractivity contribution < 1.29 is 14.1 Å². The summed E-state index contributed by atoms with van der Waals surface area (Å²) >= 11 is 0. The van der Waals surface area contributed by atoms with Crippen LogP contribution in [0, 0.1) is 5.82 Å². The molecule has 3 rings (SSSR count). The third-order valence-corrected chi connectivity index (χ3v) is 4.24. The molecule has 0 aliphatic heterocycles. The molecule has 24 heavy (non-hydrogen) atoms. The lowest BCUT2D eigenvalue weighted by Gasteiger charge is -2.07. The molecule has 0 saturated heterocycles. The highest BCUT2D eigenvalue weighted by molar-refractivity contribution is 5.80. The van der Waals surface area contributed by atoms with Gasteiger partial charge in [-0.3, -0.25) is 0 Å². The lowest BCUT2D eigenvalue weighted by atomic mass is 10.1. The Morgan fingerprint density at radius 3 is 2.71 bits per heavy atom. The summed E-state index contributed by atoms with van der Waals surface area (Å²) in [6, 6.07) is 14.4. The second-order valence-electron chi connectivity index (χ2n) is 5.90. The Labute approximate surface area is 140 Å². The molecule has 0 aliphatic carbocycles. The van der Waals surface area contributed by atoms with E-state index in [-0.39, 0.29) is 11.4 Å². The second kappa shape index (κ2) is 7.41. The SMILES string of the molecule is CCc1ccc2c(C[NH2+]CCc3ccccc3F)cc(=O)oc2c1. The van der Waals surface area contributed by atoms with Gasteiger partial charge in [0.2, 0.25) is 0 Å². The van der Waals surface area contributed by atoms with E-state index in [1.807, 2.05) is 24.3 Å². The van der Waals surface area contributed by atoms with E-state index in [9.17, 15) is 9.18 Å². The van der Waals surface area contributed by atoms with Gasteiger partial charge < -0.3 is 9.73 Å². The van der Waals surface area contributed by atoms with Crippen LogP contribution >= 0.6 is 0 Å². The Hall–Kier alpha value is -2.46. The van der Waals surface area contributed by atoms with Gasteiger partial charge in [-0.1, -0.05) is 37.3 Å². The van der Waals surface area contributed by atoms with Gasteiger partial charge in [-0.2, -0.15) is 0 Å². The van der Waals surface area contributed by atoms with Crippen molar-refractivity contribution >= 4 is 11.0 Å². The molecular formula is C20H21FNO2+. The standard InChI is InChI=1S/C20H20FNO2/c1-2-14-7-8-17-16(12-20(23)24-19(17)11-14)13-22-10-9-15-5-3-4-6-18(15)21/h3-8,11-12,22H,2,9-10,13H2,1H3/p+1. The maximum atomic E-state index is 13.6. The minimum absolute atomic E-state index is 0.163. The maximum absolute atomic E-state index is 13.6. The molecule has 3 aromatic rings. The van der Waals surface area contributed by atoms with E-state index >= 15 is 0 Å². The zero-order valence-electron chi connectivity index (χ0n) is 13.7. The van der Waals surface area contributed by atoms with Crippen LogP contribution in [0.3, 0.4) is 0 Å². The summed E-state index contributed by atoms with van der Waals surface area (Å²) in [6.07, 6.45) is 1.56. The number of nitrogens with two attached hydrogens (primary N) is 1. The zero-order valence-corrected chi connectivity index (χ0v) is 13.7. The summed E-state index contributed by atoms with van der Waals surface area (Å²) in [4.78, 5) is 11.8. The first-order valence-corrected chi connectivity index (χ1v) is 8.28. The number of halogens is 1. The fourth-order valence-corrected chi connectivity index (χ4v) is 2.88. The van der Waals surface area contributed by atoms with Crippen molar-refractivity contribution in [2.24, 2.45) is 0 Å². The van der Waals surface area contributed by atoms with Crippen molar-refractivity contribution in [3.8, 4) is 0 Å². The van der Waals surface area contributed by atoms with Crippen molar-refractivity contribution in [1.29, 1.82) is 0 Å². The first kappa shape index (κ1) is 16.4. The fourth-order valence-electron chi connectivity index (χ4n) is 2.88. The van der Waals surface area contributed by atoms with E-state index in [0.717, 1.165) is 35.0 Å². The minimum atomic E-state index is -0.326. The van der Waals surface area contributed by atoms with Gasteiger partial charge in [0.05, 0.1) is 6.54 Å². The summed E-state index contributed by atoms with van der Waals surface area (Å²) in [6.45, 7) is 3.50. The summed E-state index contributed by atoms with van der Waals surface area (Å²) < 4.78 is 18.9. The van der Waals surface area contributed by atoms with E-state index in [0.29, 0.717) is 18.5 Å². The largest absolute Gasteiger partial charge is 0.423 e. The van der Waals surface area contributed by atoms with E-state index in [1.165, 1.54) is 6.07 Å². The molecule has 0 amide bonds. The molecule has 2 N–H and O–H groups in total. The van der Waals surface area contributed by atoms with Crippen LogP contribution in [0.5, 0.6) is 0 Å². The molecule has 0 aliphatic rings. The third kappa shape index (κ3) is 3.71. The highest BCUT2D eigenvalue weighted by Crippen LogP contribution is 2.18. The number of rotatable bonds is 6. The predicted molar refractivity (Wildman–Crippen MR) is 92.5 cm³/mol. The lowest BCUT2D eigenvalue weighted by molar-refractivity contribution is -0.670. The first-order chi connectivity index (χ1) is 11.7. The minimum Gasteiger partial charge on any atom is -0.423 e. The predicted octanol–water partition coefficient (Wildman–Crippen LogP) is 2.80. The molecule has 0 bridgehead atoms. The Morgan fingerprint density at radius 2 is 1.92 bits per heavy atom. The van der Waals surface area contributed by atoms with Gasteiger partial charge in [0.15, 0.2) is 0 Å². The van der Waals surface area contributed by atoms with Crippen LogP contribution in [0.2, 0.25) is 0 Å². The van der Waals surface area contributed by atoms with E-state index in [1.54, 1.807) is 12.1 Å². The molecule has 0 radical (unpaired) electrons. The van der Waals surface area contributed by atoms with Gasteiger partial charge >= 0.3 is 5.63 Å². The van der Waals surface area contributed by atoms with Crippen molar-refractivity contribution in [1.82, 2.24) is 0 Å². The van der Waals surface area contributed by atoms with Crippen molar-refractivity contribution in [3.05, 3.63) is 81.5 Å². The average molecular weight is 326 g/mol. The number of hydrogen-bond acceptors (Lipinski definition) is 2. The molecule has 0 atom stereocenters. The fraction of sp³-hybridized carbons (Fsp3) is 0.250. The van der Waals surface area contributed by atoms with E-state index in [4.69, 9.17) is 4.42 Å². The average Bonchev–Trinajstić information content (AvgIpc) is 2.59. The summed E-state index contributed by atoms with van der Waals surface area (Å²) in [5.41, 5.74) is 3.13. The van der Waals surface area contributed by atoms with Crippen molar-refractivity contribution in [2.75, 3.05) is 6.54 Å².